The highest BCUT2D eigenvalue weighted by atomic mass is 32.2. The number of nitrogens with zero attached hydrogens (tertiary/aromatic N) is 2. The molecule has 0 spiro atoms. The second-order valence-electron chi connectivity index (χ2n) is 10.9. The molecule has 0 aliphatic carbocycles. The third-order valence-corrected chi connectivity index (χ3v) is 7.43. The molecule has 41 heavy (non-hydrogen) atoms. The SMILES string of the molecule is CC(=O)c1cccc(N(CC(=O)N(Cc2ccccc2F)[C@@H](Cc2ccccc2)C(=O)NC(C)(C)C)S(C)(=O)=O)c1. The van der Waals surface area contributed by atoms with E-state index in [1.165, 1.54) is 48.2 Å². The van der Waals surface area contributed by atoms with Gasteiger partial charge in [0.25, 0.3) is 0 Å². The van der Waals surface area contributed by atoms with Crippen molar-refractivity contribution in [1.82, 2.24) is 10.2 Å². The number of Topliss-reactive ketones (excluding diaryl/α,β-unsaturated/α-hetero) is 1. The highest BCUT2D eigenvalue weighted by molar-refractivity contribution is 7.92. The molecule has 1 N–H and O–H groups in total. The Labute approximate surface area is 241 Å². The fourth-order valence-electron chi connectivity index (χ4n) is 4.31. The van der Waals surface area contributed by atoms with Gasteiger partial charge in [-0.05, 0) is 51.5 Å². The predicted octanol–water partition coefficient (Wildman–Crippen LogP) is 4.35. The van der Waals surface area contributed by atoms with E-state index in [0.717, 1.165) is 16.1 Å². The molecule has 2 amide bonds. The van der Waals surface area contributed by atoms with Crippen LogP contribution in [0.5, 0.6) is 0 Å². The molecule has 1 atom stereocenters. The molecule has 10 heteroatoms. The summed E-state index contributed by atoms with van der Waals surface area (Å²) in [7, 11) is -4.00. The molecule has 3 aromatic rings. The Kier molecular flexibility index (Phi) is 10.0. The normalized spacial score (nSPS) is 12.3. The van der Waals surface area contributed by atoms with Gasteiger partial charge in [0.1, 0.15) is 18.4 Å². The summed E-state index contributed by atoms with van der Waals surface area (Å²) in [5.41, 5.74) is 0.704. The Bertz CT molecular complexity index is 1500. The molecule has 3 aromatic carbocycles. The second kappa shape index (κ2) is 13.1. The lowest BCUT2D eigenvalue weighted by Gasteiger charge is -2.35. The third kappa shape index (κ3) is 8.97. The van der Waals surface area contributed by atoms with Gasteiger partial charge in [0.2, 0.25) is 21.8 Å². The summed E-state index contributed by atoms with van der Waals surface area (Å²) < 4.78 is 41.5. The molecular formula is C31H36FN3O5S. The highest BCUT2D eigenvalue weighted by Gasteiger charge is 2.34. The summed E-state index contributed by atoms with van der Waals surface area (Å²) in [6.45, 7) is 5.84. The van der Waals surface area contributed by atoms with Crippen LogP contribution in [0.25, 0.3) is 0 Å². The summed E-state index contributed by atoms with van der Waals surface area (Å²) in [5, 5.41) is 2.91. The van der Waals surface area contributed by atoms with E-state index < -0.39 is 45.8 Å². The minimum absolute atomic E-state index is 0.113. The number of carbonyl (C=O) groups excluding carboxylic acids is 3. The van der Waals surface area contributed by atoms with Gasteiger partial charge in [-0.2, -0.15) is 0 Å². The van der Waals surface area contributed by atoms with Gasteiger partial charge in [0.15, 0.2) is 5.78 Å². The summed E-state index contributed by atoms with van der Waals surface area (Å²) in [6.07, 6.45) is 1.07. The second-order valence-corrected chi connectivity index (χ2v) is 12.8. The van der Waals surface area contributed by atoms with Crippen molar-refractivity contribution < 1.29 is 27.2 Å². The Hall–Kier alpha value is -4.05. The largest absolute Gasteiger partial charge is 0.350 e. The summed E-state index contributed by atoms with van der Waals surface area (Å²) in [4.78, 5) is 40.9. The highest BCUT2D eigenvalue weighted by Crippen LogP contribution is 2.22. The van der Waals surface area contributed by atoms with Crippen LogP contribution in [-0.4, -0.2) is 55.3 Å². The summed E-state index contributed by atoms with van der Waals surface area (Å²) in [5.74, 6) is -2.00. The average Bonchev–Trinajstić information content (AvgIpc) is 2.89. The molecular weight excluding hydrogens is 545 g/mol. The number of hydrogen-bond donors (Lipinski definition) is 1. The molecule has 0 radical (unpaired) electrons. The lowest BCUT2D eigenvalue weighted by Crippen LogP contribution is -2.56. The predicted molar refractivity (Wildman–Crippen MR) is 157 cm³/mol. The topological polar surface area (TPSA) is 104 Å². The first kappa shape index (κ1) is 31.5. The van der Waals surface area contributed by atoms with Crippen LogP contribution in [-0.2, 0) is 32.6 Å². The molecule has 0 heterocycles. The van der Waals surface area contributed by atoms with Gasteiger partial charge >= 0.3 is 0 Å². The van der Waals surface area contributed by atoms with Crippen LogP contribution in [0, 0.1) is 5.82 Å². The maximum atomic E-state index is 14.8. The van der Waals surface area contributed by atoms with E-state index >= 15 is 0 Å². The van der Waals surface area contributed by atoms with Crippen molar-refractivity contribution in [2.45, 2.75) is 52.2 Å². The molecule has 218 valence electrons. The van der Waals surface area contributed by atoms with Crippen LogP contribution in [0.2, 0.25) is 0 Å². The number of nitrogens with one attached hydrogen (secondary N) is 1. The van der Waals surface area contributed by atoms with E-state index in [-0.39, 0.29) is 35.6 Å². The van der Waals surface area contributed by atoms with Crippen LogP contribution >= 0.6 is 0 Å². The first-order valence-electron chi connectivity index (χ1n) is 13.1. The van der Waals surface area contributed by atoms with E-state index in [0.29, 0.717) is 0 Å². The monoisotopic (exact) mass is 581 g/mol. The van der Waals surface area contributed by atoms with Gasteiger partial charge in [-0.3, -0.25) is 18.7 Å². The van der Waals surface area contributed by atoms with E-state index in [2.05, 4.69) is 5.32 Å². The number of carbonyl (C=O) groups is 3. The number of anilines is 1. The van der Waals surface area contributed by atoms with Crippen molar-refractivity contribution in [3.63, 3.8) is 0 Å². The number of halogens is 1. The molecule has 0 bridgehead atoms. The number of amides is 2. The van der Waals surface area contributed by atoms with Crippen LogP contribution < -0.4 is 9.62 Å². The molecule has 0 aliphatic rings. The van der Waals surface area contributed by atoms with E-state index in [1.807, 2.05) is 30.3 Å². The lowest BCUT2D eigenvalue weighted by molar-refractivity contribution is -0.140. The van der Waals surface area contributed by atoms with Gasteiger partial charge in [-0.25, -0.2) is 12.8 Å². The Morgan fingerprint density at radius 3 is 2.15 bits per heavy atom. The average molecular weight is 582 g/mol. The van der Waals surface area contributed by atoms with Crippen LogP contribution in [0.1, 0.15) is 49.2 Å². The van der Waals surface area contributed by atoms with Gasteiger partial charge in [-0.1, -0.05) is 60.7 Å². The molecule has 0 saturated carbocycles. The number of sulfonamides is 1. The summed E-state index contributed by atoms with van der Waals surface area (Å²) >= 11 is 0. The fraction of sp³-hybridized carbons (Fsp3) is 0.323. The Balaban J connectivity index is 2.10. The van der Waals surface area contributed by atoms with E-state index in [4.69, 9.17) is 0 Å². The van der Waals surface area contributed by atoms with Crippen LogP contribution in [0.15, 0.2) is 78.9 Å². The van der Waals surface area contributed by atoms with Crippen LogP contribution in [0.3, 0.4) is 0 Å². The third-order valence-electron chi connectivity index (χ3n) is 6.29. The van der Waals surface area contributed by atoms with Crippen molar-refractivity contribution in [3.05, 3.63) is 101 Å². The first-order chi connectivity index (χ1) is 19.2. The quantitative estimate of drug-likeness (QED) is 0.339. The number of rotatable bonds is 11. The maximum Gasteiger partial charge on any atom is 0.244 e. The van der Waals surface area contributed by atoms with Crippen molar-refractivity contribution in [3.8, 4) is 0 Å². The molecule has 0 unspecified atom stereocenters. The van der Waals surface area contributed by atoms with Gasteiger partial charge in [0, 0.05) is 29.6 Å². The minimum Gasteiger partial charge on any atom is -0.350 e. The molecule has 0 saturated heterocycles. The minimum atomic E-state index is -4.00. The Morgan fingerprint density at radius 2 is 1.56 bits per heavy atom. The zero-order valence-electron chi connectivity index (χ0n) is 23.9. The van der Waals surface area contributed by atoms with Gasteiger partial charge in [-0.15, -0.1) is 0 Å². The lowest BCUT2D eigenvalue weighted by atomic mass is 10.0. The molecule has 0 aromatic heterocycles. The van der Waals surface area contributed by atoms with Gasteiger partial charge in [0.05, 0.1) is 11.9 Å². The molecule has 0 fully saturated rings. The van der Waals surface area contributed by atoms with Crippen molar-refractivity contribution in [1.29, 1.82) is 0 Å². The molecule has 3 rings (SSSR count). The Morgan fingerprint density at radius 1 is 0.927 bits per heavy atom. The van der Waals surface area contributed by atoms with Crippen LogP contribution in [0.4, 0.5) is 10.1 Å². The standard InChI is InChI=1S/C31H36FN3O5S/c1-22(36)24-15-11-16-26(19-24)35(41(5,39)40)21-29(37)34(20-25-14-9-10-17-27(25)32)28(30(38)33-31(2,3)4)18-23-12-7-6-8-13-23/h6-17,19,28H,18,20-21H2,1-5H3,(H,33,38)/t28-/m0/s1. The first-order valence-corrected chi connectivity index (χ1v) is 15.0. The zero-order valence-corrected chi connectivity index (χ0v) is 24.7. The number of benzene rings is 3. The molecule has 0 aliphatic heterocycles. The summed E-state index contributed by atoms with van der Waals surface area (Å²) in [6, 6.07) is 19.9. The maximum absolute atomic E-state index is 14.8. The van der Waals surface area contributed by atoms with Gasteiger partial charge < -0.3 is 10.2 Å². The number of hydrogen-bond acceptors (Lipinski definition) is 5. The van der Waals surface area contributed by atoms with Crippen molar-refractivity contribution in [2.75, 3.05) is 17.1 Å². The number of ketones is 1. The van der Waals surface area contributed by atoms with E-state index in [1.54, 1.807) is 32.9 Å². The van der Waals surface area contributed by atoms with Crippen molar-refractivity contribution in [2.24, 2.45) is 0 Å². The zero-order chi connectivity index (χ0) is 30.4. The fourth-order valence-corrected chi connectivity index (χ4v) is 5.15. The van der Waals surface area contributed by atoms with E-state index in [9.17, 15) is 27.2 Å². The smallest absolute Gasteiger partial charge is 0.244 e. The van der Waals surface area contributed by atoms with Crippen molar-refractivity contribution >= 4 is 33.3 Å². The molecule has 8 nitrogen and oxygen atoms in total.